The fourth-order valence-electron chi connectivity index (χ4n) is 1.84. The van der Waals surface area contributed by atoms with E-state index in [4.69, 9.17) is 4.74 Å². The van der Waals surface area contributed by atoms with E-state index in [0.29, 0.717) is 0 Å². The maximum Gasteiger partial charge on any atom is 0.125 e. The van der Waals surface area contributed by atoms with E-state index >= 15 is 0 Å². The van der Waals surface area contributed by atoms with Crippen LogP contribution in [0.1, 0.15) is 24.5 Å². The van der Waals surface area contributed by atoms with Crippen LogP contribution in [-0.2, 0) is 12.8 Å². The molecular formula is C12H16O2. The van der Waals surface area contributed by atoms with E-state index in [1.807, 2.05) is 6.92 Å². The van der Waals surface area contributed by atoms with Gasteiger partial charge in [-0.15, -0.1) is 0 Å². The van der Waals surface area contributed by atoms with Gasteiger partial charge in [0.15, 0.2) is 0 Å². The van der Waals surface area contributed by atoms with Gasteiger partial charge in [-0.3, -0.25) is 0 Å². The zero-order valence-corrected chi connectivity index (χ0v) is 8.49. The molecule has 0 spiro atoms. The molecular weight excluding hydrogens is 176 g/mol. The molecule has 0 amide bonds. The Morgan fingerprint density at radius 1 is 1.50 bits per heavy atom. The van der Waals surface area contributed by atoms with Crippen molar-refractivity contribution in [3.05, 3.63) is 29.3 Å². The zero-order chi connectivity index (χ0) is 9.97. The third-order valence-corrected chi connectivity index (χ3v) is 2.63. The zero-order valence-electron chi connectivity index (χ0n) is 8.49. The Hall–Kier alpha value is -1.02. The summed E-state index contributed by atoms with van der Waals surface area (Å²) in [4.78, 5) is 0. The van der Waals surface area contributed by atoms with Crippen LogP contribution in [0.3, 0.4) is 0 Å². The maximum atomic E-state index is 9.22. The summed E-state index contributed by atoms with van der Waals surface area (Å²) in [5.41, 5.74) is 2.55. The predicted molar refractivity (Wildman–Crippen MR) is 55.6 cm³/mol. The Morgan fingerprint density at radius 2 is 2.36 bits per heavy atom. The number of aryl methyl sites for hydroxylation is 1. The Kier molecular flexibility index (Phi) is 2.73. The molecule has 1 N–H and O–H groups in total. The second kappa shape index (κ2) is 4.01. The number of benzene rings is 1. The molecule has 1 aliphatic heterocycles. The van der Waals surface area contributed by atoms with Gasteiger partial charge in [-0.1, -0.05) is 18.2 Å². The van der Waals surface area contributed by atoms with Gasteiger partial charge in [0.05, 0.1) is 12.7 Å². The van der Waals surface area contributed by atoms with Gasteiger partial charge in [-0.2, -0.15) is 0 Å². The summed E-state index contributed by atoms with van der Waals surface area (Å²) in [7, 11) is 0. The van der Waals surface area contributed by atoms with Gasteiger partial charge in [-0.25, -0.2) is 0 Å². The molecule has 1 aliphatic rings. The highest BCUT2D eigenvalue weighted by atomic mass is 16.5. The quantitative estimate of drug-likeness (QED) is 0.793. The van der Waals surface area contributed by atoms with Crippen molar-refractivity contribution in [1.29, 1.82) is 0 Å². The summed E-state index contributed by atoms with van der Waals surface area (Å²) < 4.78 is 5.58. The van der Waals surface area contributed by atoms with E-state index in [1.165, 1.54) is 11.1 Å². The van der Waals surface area contributed by atoms with Crippen LogP contribution in [-0.4, -0.2) is 17.8 Å². The molecule has 0 aromatic heterocycles. The number of aliphatic hydroxyl groups is 1. The van der Waals surface area contributed by atoms with Gasteiger partial charge in [0, 0.05) is 6.42 Å². The standard InChI is InChI=1S/C12H16O2/c1-9(13)5-6-10-3-2-4-11-7-8-14-12(10)11/h2-4,9,13H,5-8H2,1H3/t9-/m0/s1. The minimum Gasteiger partial charge on any atom is -0.493 e. The Morgan fingerprint density at radius 3 is 3.14 bits per heavy atom. The molecule has 1 heterocycles. The molecule has 0 radical (unpaired) electrons. The molecule has 2 rings (SSSR count). The van der Waals surface area contributed by atoms with Gasteiger partial charge < -0.3 is 9.84 Å². The van der Waals surface area contributed by atoms with Crippen molar-refractivity contribution in [3.8, 4) is 5.75 Å². The lowest BCUT2D eigenvalue weighted by atomic mass is 10.0. The number of hydrogen-bond acceptors (Lipinski definition) is 2. The van der Waals surface area contributed by atoms with Crippen LogP contribution in [0.2, 0.25) is 0 Å². The van der Waals surface area contributed by atoms with Crippen LogP contribution < -0.4 is 4.74 Å². The van der Waals surface area contributed by atoms with Crippen LogP contribution in [0.5, 0.6) is 5.75 Å². The molecule has 2 heteroatoms. The lowest BCUT2D eigenvalue weighted by Crippen LogP contribution is -2.02. The fourth-order valence-corrected chi connectivity index (χ4v) is 1.84. The highest BCUT2D eigenvalue weighted by Gasteiger charge is 2.15. The monoisotopic (exact) mass is 192 g/mol. The smallest absolute Gasteiger partial charge is 0.125 e. The number of para-hydroxylation sites is 1. The first-order valence-corrected chi connectivity index (χ1v) is 5.19. The van der Waals surface area contributed by atoms with Crippen molar-refractivity contribution < 1.29 is 9.84 Å². The highest BCUT2D eigenvalue weighted by molar-refractivity contribution is 5.44. The molecule has 0 fully saturated rings. The first-order chi connectivity index (χ1) is 6.77. The second-order valence-corrected chi connectivity index (χ2v) is 3.89. The largest absolute Gasteiger partial charge is 0.493 e. The molecule has 0 aliphatic carbocycles. The van der Waals surface area contributed by atoms with E-state index in [9.17, 15) is 5.11 Å². The minimum atomic E-state index is -0.229. The van der Waals surface area contributed by atoms with Crippen LogP contribution >= 0.6 is 0 Å². The lowest BCUT2D eigenvalue weighted by molar-refractivity contribution is 0.184. The topological polar surface area (TPSA) is 29.5 Å². The summed E-state index contributed by atoms with van der Waals surface area (Å²) in [6.07, 6.45) is 2.51. The molecule has 1 atom stereocenters. The molecule has 1 aromatic carbocycles. The van der Waals surface area contributed by atoms with Crippen molar-refractivity contribution in [1.82, 2.24) is 0 Å². The van der Waals surface area contributed by atoms with Gasteiger partial charge in [0.1, 0.15) is 5.75 Å². The number of hydrogen-bond donors (Lipinski definition) is 1. The SMILES string of the molecule is C[C@H](O)CCc1cccc2c1OCC2. The number of ether oxygens (including phenoxy) is 1. The summed E-state index contributed by atoms with van der Waals surface area (Å²) >= 11 is 0. The Bertz CT molecular complexity index is 318. The van der Waals surface area contributed by atoms with E-state index in [1.54, 1.807) is 0 Å². The number of aliphatic hydroxyl groups excluding tert-OH is 1. The average Bonchev–Trinajstić information content (AvgIpc) is 2.62. The Balaban J connectivity index is 2.14. The van der Waals surface area contributed by atoms with Crippen molar-refractivity contribution in [2.75, 3.05) is 6.61 Å². The van der Waals surface area contributed by atoms with E-state index in [-0.39, 0.29) is 6.10 Å². The predicted octanol–water partition coefficient (Wildman–Crippen LogP) is 1.93. The van der Waals surface area contributed by atoms with Gasteiger partial charge in [0.25, 0.3) is 0 Å². The van der Waals surface area contributed by atoms with E-state index in [0.717, 1.165) is 31.6 Å². The molecule has 76 valence electrons. The first kappa shape index (κ1) is 9.53. The third-order valence-electron chi connectivity index (χ3n) is 2.63. The molecule has 0 saturated heterocycles. The normalized spacial score (nSPS) is 16.1. The van der Waals surface area contributed by atoms with Gasteiger partial charge in [-0.05, 0) is 30.9 Å². The fraction of sp³-hybridized carbons (Fsp3) is 0.500. The van der Waals surface area contributed by atoms with Crippen molar-refractivity contribution in [2.45, 2.75) is 32.3 Å². The first-order valence-electron chi connectivity index (χ1n) is 5.19. The van der Waals surface area contributed by atoms with Gasteiger partial charge >= 0.3 is 0 Å². The number of fused-ring (bicyclic) bond motifs is 1. The average molecular weight is 192 g/mol. The van der Waals surface area contributed by atoms with Crippen LogP contribution in [0.4, 0.5) is 0 Å². The number of rotatable bonds is 3. The molecule has 0 unspecified atom stereocenters. The van der Waals surface area contributed by atoms with Crippen molar-refractivity contribution in [3.63, 3.8) is 0 Å². The van der Waals surface area contributed by atoms with Crippen LogP contribution in [0, 0.1) is 0 Å². The summed E-state index contributed by atoms with van der Waals surface area (Å²) in [6.45, 7) is 2.63. The molecule has 0 bridgehead atoms. The molecule has 0 saturated carbocycles. The summed E-state index contributed by atoms with van der Waals surface area (Å²) in [5, 5.41) is 9.22. The Labute approximate surface area is 84.5 Å². The summed E-state index contributed by atoms with van der Waals surface area (Å²) in [5.74, 6) is 1.06. The van der Waals surface area contributed by atoms with Gasteiger partial charge in [0.2, 0.25) is 0 Å². The third kappa shape index (κ3) is 1.90. The van der Waals surface area contributed by atoms with Crippen molar-refractivity contribution >= 4 is 0 Å². The van der Waals surface area contributed by atoms with Crippen LogP contribution in [0.25, 0.3) is 0 Å². The lowest BCUT2D eigenvalue weighted by Gasteiger charge is -2.08. The maximum absolute atomic E-state index is 9.22. The second-order valence-electron chi connectivity index (χ2n) is 3.89. The van der Waals surface area contributed by atoms with E-state index in [2.05, 4.69) is 18.2 Å². The minimum absolute atomic E-state index is 0.229. The highest BCUT2D eigenvalue weighted by Crippen LogP contribution is 2.30. The van der Waals surface area contributed by atoms with E-state index < -0.39 is 0 Å². The van der Waals surface area contributed by atoms with Crippen molar-refractivity contribution in [2.24, 2.45) is 0 Å². The molecule has 2 nitrogen and oxygen atoms in total. The van der Waals surface area contributed by atoms with Crippen LogP contribution in [0.15, 0.2) is 18.2 Å². The summed E-state index contributed by atoms with van der Waals surface area (Å²) in [6, 6.07) is 6.28. The molecule has 14 heavy (non-hydrogen) atoms. The molecule has 1 aromatic rings.